The average Bonchev–Trinajstić information content (AvgIpc) is 2.70. The number of nitrogens with zero attached hydrogens (tertiary/aromatic N) is 3. The number of rotatable bonds is 3. The zero-order chi connectivity index (χ0) is 14.2. The van der Waals surface area contributed by atoms with Crippen molar-refractivity contribution in [2.75, 3.05) is 13.1 Å². The smallest absolute Gasteiger partial charge is 0.262 e. The molecule has 1 atom stereocenters. The van der Waals surface area contributed by atoms with Gasteiger partial charge in [0.25, 0.3) is 10.0 Å². The number of hydrogen-bond donors (Lipinski definition) is 1. The summed E-state index contributed by atoms with van der Waals surface area (Å²) in [6, 6.07) is 0. The van der Waals surface area contributed by atoms with Gasteiger partial charge in [-0.05, 0) is 37.3 Å². The normalized spacial score (nSPS) is 20.6. The molecule has 2 heterocycles. The summed E-state index contributed by atoms with van der Waals surface area (Å²) < 4.78 is 27.6. The van der Waals surface area contributed by atoms with E-state index in [-0.39, 0.29) is 16.2 Å². The molecule has 19 heavy (non-hydrogen) atoms. The van der Waals surface area contributed by atoms with Gasteiger partial charge in [-0.2, -0.15) is 4.31 Å². The molecule has 1 saturated heterocycles. The predicted molar refractivity (Wildman–Crippen MR) is 71.4 cm³/mol. The van der Waals surface area contributed by atoms with Gasteiger partial charge in [0.05, 0.1) is 6.10 Å². The average molecular weight is 308 g/mol. The maximum absolute atomic E-state index is 12.4. The maximum Gasteiger partial charge on any atom is 0.262 e. The largest absolute Gasteiger partial charge is 0.393 e. The summed E-state index contributed by atoms with van der Waals surface area (Å²) in [6.07, 6.45) is 2.35. The fraction of sp³-hybridized carbons (Fsp3) is 0.727. The number of imidazole rings is 1. The third kappa shape index (κ3) is 2.94. The summed E-state index contributed by atoms with van der Waals surface area (Å²) in [4.78, 5) is 3.86. The zero-order valence-electron chi connectivity index (χ0n) is 11.0. The fourth-order valence-corrected chi connectivity index (χ4v) is 3.91. The van der Waals surface area contributed by atoms with Gasteiger partial charge in [-0.3, -0.25) is 0 Å². The van der Waals surface area contributed by atoms with E-state index in [4.69, 9.17) is 11.6 Å². The van der Waals surface area contributed by atoms with Crippen molar-refractivity contribution in [3.8, 4) is 0 Å². The lowest BCUT2D eigenvalue weighted by Crippen LogP contribution is -2.40. The van der Waals surface area contributed by atoms with Gasteiger partial charge < -0.3 is 9.67 Å². The molecule has 1 fully saturated rings. The van der Waals surface area contributed by atoms with E-state index in [1.54, 1.807) is 14.0 Å². The highest BCUT2D eigenvalue weighted by Crippen LogP contribution is 2.25. The first-order valence-electron chi connectivity index (χ1n) is 6.19. The quantitative estimate of drug-likeness (QED) is 0.898. The van der Waals surface area contributed by atoms with Crippen molar-refractivity contribution >= 4 is 21.6 Å². The second-order valence-corrected chi connectivity index (χ2v) is 7.16. The molecule has 0 amide bonds. The van der Waals surface area contributed by atoms with Crippen LogP contribution in [0.4, 0.5) is 0 Å². The third-order valence-corrected chi connectivity index (χ3v) is 5.70. The molecule has 1 aliphatic heterocycles. The molecular formula is C11H18ClN3O3S. The molecule has 108 valence electrons. The van der Waals surface area contributed by atoms with Gasteiger partial charge in [0.15, 0.2) is 5.03 Å². The van der Waals surface area contributed by atoms with E-state index in [9.17, 15) is 13.5 Å². The Morgan fingerprint density at radius 3 is 2.47 bits per heavy atom. The van der Waals surface area contributed by atoms with Gasteiger partial charge in [0.2, 0.25) is 5.28 Å². The summed E-state index contributed by atoms with van der Waals surface area (Å²) in [6.45, 7) is 2.56. The number of aliphatic hydroxyl groups excluding tert-OH is 1. The van der Waals surface area contributed by atoms with E-state index in [1.165, 1.54) is 15.1 Å². The molecule has 0 spiro atoms. The van der Waals surface area contributed by atoms with Gasteiger partial charge in [0.1, 0.15) is 0 Å². The number of aryl methyl sites for hydroxylation is 1. The number of aromatic nitrogens is 2. The standard InChI is InChI=1S/C11H18ClN3O3S/c1-8(16)9-3-5-15(6-4-9)19(17,18)10-7-14(2)11(12)13-10/h7-9,16H,3-6H2,1-2H3. The fourth-order valence-electron chi connectivity index (χ4n) is 2.27. The Bertz CT molecular complexity index is 528. The Hall–Kier alpha value is -0.630. The molecule has 1 aromatic rings. The van der Waals surface area contributed by atoms with Crippen molar-refractivity contribution in [3.05, 3.63) is 11.5 Å². The Kier molecular flexibility index (Phi) is 4.20. The van der Waals surface area contributed by atoms with Crippen molar-refractivity contribution in [2.24, 2.45) is 13.0 Å². The minimum Gasteiger partial charge on any atom is -0.393 e. The molecule has 1 N–H and O–H groups in total. The molecule has 0 radical (unpaired) electrons. The van der Waals surface area contributed by atoms with Crippen LogP contribution in [0.5, 0.6) is 0 Å². The van der Waals surface area contributed by atoms with Gasteiger partial charge in [-0.15, -0.1) is 0 Å². The zero-order valence-corrected chi connectivity index (χ0v) is 12.5. The van der Waals surface area contributed by atoms with Crippen LogP contribution in [-0.4, -0.2) is 46.6 Å². The van der Waals surface area contributed by atoms with E-state index in [2.05, 4.69) is 4.98 Å². The lowest BCUT2D eigenvalue weighted by Gasteiger charge is -2.31. The minimum absolute atomic E-state index is 0.0181. The summed E-state index contributed by atoms with van der Waals surface area (Å²) in [5.74, 6) is 0.166. The van der Waals surface area contributed by atoms with Crippen LogP contribution in [0, 0.1) is 5.92 Å². The molecule has 6 nitrogen and oxygen atoms in total. The lowest BCUT2D eigenvalue weighted by atomic mass is 9.93. The van der Waals surface area contributed by atoms with Crippen LogP contribution in [0.25, 0.3) is 0 Å². The van der Waals surface area contributed by atoms with Gasteiger partial charge in [0, 0.05) is 26.3 Å². The third-order valence-electron chi connectivity index (χ3n) is 3.58. The van der Waals surface area contributed by atoms with Crippen LogP contribution in [0.15, 0.2) is 11.2 Å². The van der Waals surface area contributed by atoms with Crippen LogP contribution in [0.3, 0.4) is 0 Å². The second-order valence-electron chi connectivity index (χ2n) is 4.94. The lowest BCUT2D eigenvalue weighted by molar-refractivity contribution is 0.0911. The van der Waals surface area contributed by atoms with Gasteiger partial charge in [-0.1, -0.05) is 0 Å². The first-order valence-corrected chi connectivity index (χ1v) is 8.01. The van der Waals surface area contributed by atoms with E-state index < -0.39 is 16.1 Å². The number of aliphatic hydroxyl groups is 1. The highest BCUT2D eigenvalue weighted by atomic mass is 35.5. The van der Waals surface area contributed by atoms with E-state index in [0.717, 1.165) is 0 Å². The molecule has 8 heteroatoms. The number of sulfonamides is 1. The maximum atomic E-state index is 12.4. The molecule has 0 aliphatic carbocycles. The summed E-state index contributed by atoms with van der Waals surface area (Å²) in [5.41, 5.74) is 0. The molecule has 2 rings (SSSR count). The Morgan fingerprint density at radius 1 is 1.47 bits per heavy atom. The first-order chi connectivity index (χ1) is 8.82. The number of piperidine rings is 1. The van der Waals surface area contributed by atoms with Crippen molar-refractivity contribution in [1.29, 1.82) is 0 Å². The van der Waals surface area contributed by atoms with Gasteiger partial charge in [-0.25, -0.2) is 13.4 Å². The van der Waals surface area contributed by atoms with Crippen LogP contribution in [-0.2, 0) is 17.1 Å². The molecule has 0 aromatic carbocycles. The van der Waals surface area contributed by atoms with Crippen molar-refractivity contribution in [1.82, 2.24) is 13.9 Å². The van der Waals surface area contributed by atoms with Crippen molar-refractivity contribution < 1.29 is 13.5 Å². The molecular weight excluding hydrogens is 290 g/mol. The van der Waals surface area contributed by atoms with Crippen LogP contribution < -0.4 is 0 Å². The monoisotopic (exact) mass is 307 g/mol. The molecule has 1 aliphatic rings. The topological polar surface area (TPSA) is 75.4 Å². The predicted octanol–water partition coefficient (Wildman–Crippen LogP) is 0.855. The summed E-state index contributed by atoms with van der Waals surface area (Å²) in [5, 5.41) is 9.65. The molecule has 1 aromatic heterocycles. The van der Waals surface area contributed by atoms with Gasteiger partial charge >= 0.3 is 0 Å². The summed E-state index contributed by atoms with van der Waals surface area (Å²) >= 11 is 5.77. The second kappa shape index (κ2) is 5.40. The molecule has 0 saturated carbocycles. The molecule has 0 bridgehead atoms. The summed E-state index contributed by atoms with van der Waals surface area (Å²) in [7, 11) is -1.93. The van der Waals surface area contributed by atoms with E-state index in [1.807, 2.05) is 0 Å². The SMILES string of the molecule is CC(O)C1CCN(S(=O)(=O)c2cn(C)c(Cl)n2)CC1. The highest BCUT2D eigenvalue weighted by Gasteiger charge is 2.32. The van der Waals surface area contributed by atoms with Crippen molar-refractivity contribution in [3.63, 3.8) is 0 Å². The molecule has 1 unspecified atom stereocenters. The Morgan fingerprint density at radius 2 is 2.05 bits per heavy atom. The van der Waals surface area contributed by atoms with Crippen LogP contribution >= 0.6 is 11.6 Å². The van der Waals surface area contributed by atoms with Crippen molar-refractivity contribution in [2.45, 2.75) is 30.9 Å². The van der Waals surface area contributed by atoms with E-state index >= 15 is 0 Å². The van der Waals surface area contributed by atoms with E-state index in [0.29, 0.717) is 25.9 Å². The first kappa shape index (κ1) is 14.8. The number of halogens is 1. The van der Waals surface area contributed by atoms with Crippen LogP contribution in [0.2, 0.25) is 5.28 Å². The Balaban J connectivity index is 2.14. The highest BCUT2D eigenvalue weighted by molar-refractivity contribution is 7.89. The van der Waals surface area contributed by atoms with Crippen LogP contribution in [0.1, 0.15) is 19.8 Å². The Labute approximate surface area is 118 Å². The minimum atomic E-state index is -3.58. The number of hydrogen-bond acceptors (Lipinski definition) is 4.